The lowest BCUT2D eigenvalue weighted by atomic mass is 9.68. The average molecular weight is 734 g/mol. The summed E-state index contributed by atoms with van der Waals surface area (Å²) >= 11 is 0. The highest BCUT2D eigenvalue weighted by Crippen LogP contribution is 2.45. The molecule has 9 heteroatoms. The molecule has 4 heterocycles. The Labute approximate surface area is 322 Å². The molecule has 3 aromatic rings. The van der Waals surface area contributed by atoms with Crippen LogP contribution in [0.25, 0.3) is 0 Å². The van der Waals surface area contributed by atoms with Gasteiger partial charge in [-0.2, -0.15) is 0 Å². The van der Waals surface area contributed by atoms with E-state index in [0.29, 0.717) is 32.8 Å². The Balaban J connectivity index is 1.08. The first kappa shape index (κ1) is 37.1. The number of hydrogen-bond acceptors (Lipinski definition) is 9. The largest absolute Gasteiger partial charge is 0.478 e. The van der Waals surface area contributed by atoms with E-state index < -0.39 is 0 Å². The summed E-state index contributed by atoms with van der Waals surface area (Å²) < 4.78 is 25.0. The van der Waals surface area contributed by atoms with Gasteiger partial charge in [0, 0.05) is 72.5 Å². The van der Waals surface area contributed by atoms with Crippen LogP contribution in [0.3, 0.4) is 0 Å². The highest BCUT2D eigenvalue weighted by atomic mass is 16.5. The van der Waals surface area contributed by atoms with Crippen LogP contribution in [0.15, 0.2) is 71.5 Å². The SMILES string of the molecule is CN1COC2=C(CN(C)Cc3cc(C(C)(C)c4ccc5c(c4)CN(C)CO5)cc4c3OCN(C)C4)CC(C(C)(C)c3ccc4c(c3)CN(C)CO4)C=C2C1. The fourth-order valence-corrected chi connectivity index (χ4v) is 9.00. The Morgan fingerprint density at radius 3 is 1.87 bits per heavy atom. The van der Waals surface area contributed by atoms with E-state index in [1.54, 1.807) is 0 Å². The second-order valence-corrected chi connectivity index (χ2v) is 17.9. The second-order valence-electron chi connectivity index (χ2n) is 17.9. The van der Waals surface area contributed by atoms with E-state index in [1.165, 1.54) is 50.1 Å². The predicted octanol–water partition coefficient (Wildman–Crippen LogP) is 6.89. The van der Waals surface area contributed by atoms with Crippen molar-refractivity contribution in [2.24, 2.45) is 5.92 Å². The van der Waals surface area contributed by atoms with Gasteiger partial charge in [-0.1, -0.05) is 52.0 Å². The third-order valence-electron chi connectivity index (χ3n) is 12.4. The van der Waals surface area contributed by atoms with Crippen LogP contribution in [0.4, 0.5) is 0 Å². The maximum Gasteiger partial charge on any atom is 0.142 e. The molecule has 1 unspecified atom stereocenters. The molecule has 0 aromatic heterocycles. The van der Waals surface area contributed by atoms with Crippen molar-refractivity contribution in [2.75, 3.05) is 75.3 Å². The van der Waals surface area contributed by atoms with Gasteiger partial charge in [0.25, 0.3) is 0 Å². The number of rotatable bonds is 8. The summed E-state index contributed by atoms with van der Waals surface area (Å²) in [4.78, 5) is 11.4. The minimum atomic E-state index is -0.212. The molecule has 0 radical (unpaired) electrons. The number of hydrogen-bond donors (Lipinski definition) is 0. The van der Waals surface area contributed by atoms with Gasteiger partial charge in [0.15, 0.2) is 0 Å². The molecule has 4 aliphatic heterocycles. The van der Waals surface area contributed by atoms with E-state index in [-0.39, 0.29) is 10.8 Å². The highest BCUT2D eigenvalue weighted by molar-refractivity contribution is 5.52. The fraction of sp³-hybridized carbons (Fsp3) is 0.511. The van der Waals surface area contributed by atoms with Crippen LogP contribution < -0.4 is 14.2 Å². The van der Waals surface area contributed by atoms with Crippen LogP contribution in [0.2, 0.25) is 0 Å². The highest BCUT2D eigenvalue weighted by Gasteiger charge is 2.38. The van der Waals surface area contributed by atoms with Crippen molar-refractivity contribution in [3.05, 3.63) is 110 Å². The van der Waals surface area contributed by atoms with E-state index >= 15 is 0 Å². The standard InChI is InChI=1S/C45H59N5O4/c1-44(2,36-10-12-40-30(14-36)20-47(6)26-51-40)38-16-32(42-34(18-38)24-49(8)28-53-42)22-46(5)23-33-17-39(19-35-25-50(9)29-54-43(33)35)45(3,4)37-11-13-41-31(15-37)21-48(7)27-52-41/h10-16,18-19,39H,17,20-29H2,1-9H3. The van der Waals surface area contributed by atoms with Gasteiger partial charge in [-0.25, -0.2) is 0 Å². The van der Waals surface area contributed by atoms with Crippen molar-refractivity contribution in [1.29, 1.82) is 0 Å². The Morgan fingerprint density at radius 2 is 1.19 bits per heavy atom. The lowest BCUT2D eigenvalue weighted by Gasteiger charge is -2.41. The third kappa shape index (κ3) is 7.17. The van der Waals surface area contributed by atoms with Crippen LogP contribution in [-0.2, 0) is 41.7 Å². The molecule has 0 saturated carbocycles. The van der Waals surface area contributed by atoms with Crippen LogP contribution in [0.1, 0.15) is 73.1 Å². The van der Waals surface area contributed by atoms with Crippen LogP contribution in [0, 0.1) is 5.92 Å². The molecule has 54 heavy (non-hydrogen) atoms. The molecule has 3 aromatic carbocycles. The number of nitrogens with zero attached hydrogens (tertiary/aromatic N) is 5. The van der Waals surface area contributed by atoms with Gasteiger partial charge in [0.2, 0.25) is 0 Å². The van der Waals surface area contributed by atoms with Crippen molar-refractivity contribution < 1.29 is 18.9 Å². The van der Waals surface area contributed by atoms with Gasteiger partial charge in [0.1, 0.15) is 49.9 Å². The summed E-state index contributed by atoms with van der Waals surface area (Å²) in [5.41, 5.74) is 11.4. The van der Waals surface area contributed by atoms with Crippen LogP contribution in [-0.4, -0.2) is 99.8 Å². The maximum absolute atomic E-state index is 6.52. The van der Waals surface area contributed by atoms with Gasteiger partial charge in [-0.05, 0) is 106 Å². The number of benzene rings is 3. The molecule has 1 aliphatic carbocycles. The Morgan fingerprint density at radius 1 is 0.630 bits per heavy atom. The van der Waals surface area contributed by atoms with E-state index in [1.807, 2.05) is 0 Å². The molecular formula is C45H59N5O4. The molecule has 9 nitrogen and oxygen atoms in total. The van der Waals surface area contributed by atoms with E-state index in [0.717, 1.165) is 68.7 Å². The molecule has 0 amide bonds. The molecule has 288 valence electrons. The Hall–Kier alpha value is -3.86. The number of ether oxygens (including phenoxy) is 4. The molecule has 0 spiro atoms. The summed E-state index contributed by atoms with van der Waals surface area (Å²) in [6.45, 7) is 17.2. The van der Waals surface area contributed by atoms with Gasteiger partial charge in [-0.15, -0.1) is 0 Å². The molecular weight excluding hydrogens is 675 g/mol. The van der Waals surface area contributed by atoms with Crippen molar-refractivity contribution in [1.82, 2.24) is 24.5 Å². The topological polar surface area (TPSA) is 53.1 Å². The molecule has 1 fully saturated rings. The molecule has 0 N–H and O–H groups in total. The zero-order valence-corrected chi connectivity index (χ0v) is 33.9. The van der Waals surface area contributed by atoms with Crippen molar-refractivity contribution in [2.45, 2.75) is 71.1 Å². The zero-order chi connectivity index (χ0) is 37.9. The van der Waals surface area contributed by atoms with Crippen molar-refractivity contribution in [3.63, 3.8) is 0 Å². The zero-order valence-electron chi connectivity index (χ0n) is 33.9. The molecule has 1 atom stereocenters. The Bertz CT molecular complexity index is 1980. The second kappa shape index (κ2) is 14.3. The van der Waals surface area contributed by atoms with Gasteiger partial charge in [0.05, 0.1) is 0 Å². The number of fused-ring (bicyclic) bond motifs is 4. The number of allylic oxidation sites excluding steroid dienone is 1. The normalized spacial score (nSPS) is 21.2. The van der Waals surface area contributed by atoms with Gasteiger partial charge < -0.3 is 18.9 Å². The van der Waals surface area contributed by atoms with Gasteiger partial charge in [-0.3, -0.25) is 24.5 Å². The quantitative estimate of drug-likeness (QED) is 0.247. The maximum atomic E-state index is 6.52. The van der Waals surface area contributed by atoms with E-state index in [4.69, 9.17) is 18.9 Å². The smallest absolute Gasteiger partial charge is 0.142 e. The Kier molecular flexibility index (Phi) is 9.84. The first-order valence-corrected chi connectivity index (χ1v) is 19.5. The molecule has 1 saturated heterocycles. The fourth-order valence-electron chi connectivity index (χ4n) is 9.00. The minimum Gasteiger partial charge on any atom is -0.478 e. The molecule has 8 rings (SSSR count). The summed E-state index contributed by atoms with van der Waals surface area (Å²) in [6, 6.07) is 18.4. The van der Waals surface area contributed by atoms with Crippen molar-refractivity contribution in [3.8, 4) is 17.2 Å². The van der Waals surface area contributed by atoms with Crippen LogP contribution >= 0.6 is 0 Å². The third-order valence-corrected chi connectivity index (χ3v) is 12.4. The summed E-state index contributed by atoms with van der Waals surface area (Å²) in [7, 11) is 10.7. The van der Waals surface area contributed by atoms with Crippen LogP contribution in [0.5, 0.6) is 17.2 Å². The molecule has 0 bridgehead atoms. The van der Waals surface area contributed by atoms with Gasteiger partial charge >= 0.3 is 0 Å². The lowest BCUT2D eigenvalue weighted by Crippen LogP contribution is -2.38. The minimum absolute atomic E-state index is 0.0828. The van der Waals surface area contributed by atoms with Crippen molar-refractivity contribution >= 4 is 0 Å². The lowest BCUT2D eigenvalue weighted by molar-refractivity contribution is 0.0692. The summed E-state index contributed by atoms with van der Waals surface area (Å²) in [6.07, 6.45) is 3.46. The average Bonchev–Trinajstić information content (AvgIpc) is 3.13. The van der Waals surface area contributed by atoms with E-state index in [2.05, 4.69) is 142 Å². The monoisotopic (exact) mass is 733 g/mol. The predicted molar refractivity (Wildman–Crippen MR) is 213 cm³/mol. The summed E-state index contributed by atoms with van der Waals surface area (Å²) in [5.74, 6) is 4.48. The number of likely N-dealkylation sites (N-methyl/N-ethyl adjacent to an activating group) is 2. The molecule has 5 aliphatic rings. The first-order valence-electron chi connectivity index (χ1n) is 19.5. The summed E-state index contributed by atoms with van der Waals surface area (Å²) in [5, 5.41) is 0. The van der Waals surface area contributed by atoms with E-state index in [9.17, 15) is 0 Å². The first-order chi connectivity index (χ1) is 25.7.